The Morgan fingerprint density at radius 2 is 1.80 bits per heavy atom. The predicted molar refractivity (Wildman–Crippen MR) is 65.6 cm³/mol. The largest absolute Gasteiger partial charge is 0.466 e. The van der Waals surface area contributed by atoms with Gasteiger partial charge in [-0.3, -0.25) is 0 Å². The summed E-state index contributed by atoms with van der Waals surface area (Å²) in [5, 5.41) is 0. The maximum atomic E-state index is 13.5. The molecule has 1 unspecified atom stereocenters. The van der Waals surface area contributed by atoms with Crippen molar-refractivity contribution in [2.45, 2.75) is 26.1 Å². The third kappa shape index (κ3) is 2.70. The van der Waals surface area contributed by atoms with E-state index in [0.717, 1.165) is 6.07 Å². The van der Waals surface area contributed by atoms with Gasteiger partial charge in [-0.15, -0.1) is 0 Å². The monoisotopic (exact) mass is 287 g/mol. The Kier molecular flexibility index (Phi) is 3.60. The van der Waals surface area contributed by atoms with Crippen molar-refractivity contribution in [3.63, 3.8) is 0 Å². The lowest BCUT2D eigenvalue weighted by molar-refractivity contribution is -0.140. The smallest absolute Gasteiger partial charge is 0.419 e. The van der Waals surface area contributed by atoms with Crippen molar-refractivity contribution >= 4 is 0 Å². The molecule has 1 atom stereocenters. The molecule has 2 N–H and O–H groups in total. The molecule has 0 saturated heterocycles. The van der Waals surface area contributed by atoms with Crippen LogP contribution in [0.3, 0.4) is 0 Å². The number of hydrogen-bond acceptors (Lipinski definition) is 2. The Bertz CT molecular complexity index is 631. The first-order valence-corrected chi connectivity index (χ1v) is 5.89. The van der Waals surface area contributed by atoms with E-state index in [1.54, 1.807) is 19.9 Å². The van der Waals surface area contributed by atoms with Crippen LogP contribution in [0.2, 0.25) is 0 Å². The fourth-order valence-electron chi connectivity index (χ4n) is 2.09. The van der Waals surface area contributed by atoms with Gasteiger partial charge in [0.15, 0.2) is 0 Å². The highest BCUT2D eigenvalue weighted by Gasteiger charge is 2.34. The Morgan fingerprint density at radius 3 is 2.25 bits per heavy atom. The molecule has 20 heavy (non-hydrogen) atoms. The molecule has 0 saturated carbocycles. The molecule has 0 aliphatic rings. The molecule has 0 bridgehead atoms. The fourth-order valence-corrected chi connectivity index (χ4v) is 2.09. The van der Waals surface area contributed by atoms with Crippen molar-refractivity contribution in [1.82, 2.24) is 0 Å². The second kappa shape index (κ2) is 4.94. The number of hydrogen-bond donors (Lipinski definition) is 1. The fraction of sp³-hybridized carbons (Fsp3) is 0.286. The average molecular weight is 287 g/mol. The van der Waals surface area contributed by atoms with Crippen molar-refractivity contribution in [2.75, 3.05) is 0 Å². The highest BCUT2D eigenvalue weighted by atomic mass is 19.4. The number of rotatable bonds is 2. The van der Waals surface area contributed by atoms with E-state index < -0.39 is 23.6 Å². The molecule has 0 aliphatic carbocycles. The molecular formula is C14H13F4NO. The molecule has 2 nitrogen and oxygen atoms in total. The Morgan fingerprint density at radius 1 is 1.15 bits per heavy atom. The van der Waals surface area contributed by atoms with Crippen LogP contribution in [0.25, 0.3) is 0 Å². The lowest BCUT2D eigenvalue weighted by atomic mass is 9.98. The second-order valence-electron chi connectivity index (χ2n) is 4.58. The summed E-state index contributed by atoms with van der Waals surface area (Å²) in [6.45, 7) is 3.43. The van der Waals surface area contributed by atoms with Crippen molar-refractivity contribution < 1.29 is 22.0 Å². The first-order chi connectivity index (χ1) is 9.20. The van der Waals surface area contributed by atoms with E-state index in [2.05, 4.69) is 0 Å². The van der Waals surface area contributed by atoms with Crippen LogP contribution in [0, 0.1) is 19.7 Å². The third-order valence-corrected chi connectivity index (χ3v) is 3.07. The molecule has 0 amide bonds. The third-order valence-electron chi connectivity index (χ3n) is 3.07. The van der Waals surface area contributed by atoms with E-state index in [-0.39, 0.29) is 5.56 Å². The number of aryl methyl sites for hydroxylation is 2. The predicted octanol–water partition coefficient (Wildman–Crippen LogP) is 4.10. The van der Waals surface area contributed by atoms with Gasteiger partial charge in [-0.1, -0.05) is 6.07 Å². The SMILES string of the molecule is Cc1cc(C(N)c2ccc(C(F)(F)F)c(F)c2)c(C)o1. The summed E-state index contributed by atoms with van der Waals surface area (Å²) in [5.41, 5.74) is 5.54. The topological polar surface area (TPSA) is 39.2 Å². The molecule has 0 fully saturated rings. The molecule has 2 rings (SSSR count). The molecule has 0 aliphatic heterocycles. The minimum absolute atomic E-state index is 0.263. The number of benzene rings is 1. The quantitative estimate of drug-likeness (QED) is 0.844. The molecule has 108 valence electrons. The number of nitrogens with two attached hydrogens (primary N) is 1. The molecule has 0 radical (unpaired) electrons. The first kappa shape index (κ1) is 14.6. The van der Waals surface area contributed by atoms with Gasteiger partial charge in [0.05, 0.1) is 11.6 Å². The lowest BCUT2D eigenvalue weighted by Gasteiger charge is -2.14. The van der Waals surface area contributed by atoms with E-state index >= 15 is 0 Å². The Balaban J connectivity index is 2.39. The van der Waals surface area contributed by atoms with Gasteiger partial charge >= 0.3 is 6.18 Å². The van der Waals surface area contributed by atoms with Gasteiger partial charge in [0.25, 0.3) is 0 Å². The Hall–Kier alpha value is -1.82. The van der Waals surface area contributed by atoms with Crippen LogP contribution < -0.4 is 5.73 Å². The van der Waals surface area contributed by atoms with Crippen molar-refractivity contribution in [1.29, 1.82) is 0 Å². The van der Waals surface area contributed by atoms with E-state index in [0.29, 0.717) is 23.2 Å². The molecular weight excluding hydrogens is 274 g/mol. The van der Waals surface area contributed by atoms with Gasteiger partial charge in [-0.25, -0.2) is 4.39 Å². The summed E-state index contributed by atoms with van der Waals surface area (Å²) in [7, 11) is 0. The van der Waals surface area contributed by atoms with Gasteiger partial charge < -0.3 is 10.2 Å². The van der Waals surface area contributed by atoms with Gasteiger partial charge in [0.1, 0.15) is 17.3 Å². The standard InChI is InChI=1S/C14H13F4NO/c1-7-5-10(8(2)20-7)13(19)9-3-4-11(12(15)6-9)14(16,17)18/h3-6,13H,19H2,1-2H3. The minimum atomic E-state index is -4.71. The van der Waals surface area contributed by atoms with Crippen molar-refractivity contribution in [3.8, 4) is 0 Å². The normalized spacial score (nSPS) is 13.6. The average Bonchev–Trinajstić information content (AvgIpc) is 2.65. The zero-order valence-electron chi connectivity index (χ0n) is 10.9. The van der Waals surface area contributed by atoms with Crippen molar-refractivity contribution in [2.24, 2.45) is 5.73 Å². The zero-order chi connectivity index (χ0) is 15.1. The summed E-state index contributed by atoms with van der Waals surface area (Å²) in [5.74, 6) is -0.126. The highest BCUT2D eigenvalue weighted by molar-refractivity contribution is 5.36. The summed E-state index contributed by atoms with van der Waals surface area (Å²) < 4.78 is 56.3. The van der Waals surface area contributed by atoms with Crippen LogP contribution in [0.1, 0.15) is 34.3 Å². The van der Waals surface area contributed by atoms with Crippen LogP contribution in [0.4, 0.5) is 17.6 Å². The molecule has 1 aromatic heterocycles. The van der Waals surface area contributed by atoms with Crippen molar-refractivity contribution in [3.05, 3.63) is 58.3 Å². The van der Waals surface area contributed by atoms with E-state index in [1.165, 1.54) is 6.07 Å². The zero-order valence-corrected chi connectivity index (χ0v) is 10.9. The molecule has 1 heterocycles. The lowest BCUT2D eigenvalue weighted by Crippen LogP contribution is -2.14. The molecule has 0 spiro atoms. The van der Waals surface area contributed by atoms with E-state index in [9.17, 15) is 17.6 Å². The van der Waals surface area contributed by atoms with Gasteiger partial charge in [0, 0.05) is 5.56 Å². The van der Waals surface area contributed by atoms with Crippen LogP contribution in [0.15, 0.2) is 28.7 Å². The number of furan rings is 1. The second-order valence-corrected chi connectivity index (χ2v) is 4.58. The Labute approximate surface area is 113 Å². The summed E-state index contributed by atoms with van der Waals surface area (Å²) in [4.78, 5) is 0. The van der Waals surface area contributed by atoms with Crippen LogP contribution in [0.5, 0.6) is 0 Å². The summed E-state index contributed by atoms with van der Waals surface area (Å²) in [6, 6.07) is 3.65. The van der Waals surface area contributed by atoms with E-state index in [1.807, 2.05) is 0 Å². The van der Waals surface area contributed by atoms with Crippen LogP contribution in [-0.2, 0) is 6.18 Å². The first-order valence-electron chi connectivity index (χ1n) is 5.89. The van der Waals surface area contributed by atoms with Gasteiger partial charge in [-0.2, -0.15) is 13.2 Å². The molecule has 2 aromatic rings. The maximum absolute atomic E-state index is 13.5. The molecule has 6 heteroatoms. The van der Waals surface area contributed by atoms with Gasteiger partial charge in [-0.05, 0) is 37.6 Å². The minimum Gasteiger partial charge on any atom is -0.466 e. The summed E-state index contributed by atoms with van der Waals surface area (Å²) in [6.07, 6.45) is -4.71. The van der Waals surface area contributed by atoms with Gasteiger partial charge in [0.2, 0.25) is 0 Å². The number of alkyl halides is 3. The highest BCUT2D eigenvalue weighted by Crippen LogP contribution is 2.33. The summed E-state index contributed by atoms with van der Waals surface area (Å²) >= 11 is 0. The van der Waals surface area contributed by atoms with Crippen LogP contribution >= 0.6 is 0 Å². The maximum Gasteiger partial charge on any atom is 0.419 e. The number of halogens is 4. The van der Waals surface area contributed by atoms with Crippen LogP contribution in [-0.4, -0.2) is 0 Å². The molecule has 1 aromatic carbocycles. The van der Waals surface area contributed by atoms with E-state index in [4.69, 9.17) is 10.2 Å².